The van der Waals surface area contributed by atoms with Gasteiger partial charge in [-0.15, -0.1) is 11.6 Å². The topological polar surface area (TPSA) is 39.4 Å². The predicted molar refractivity (Wildman–Crippen MR) is 85.4 cm³/mol. The first-order chi connectivity index (χ1) is 10.3. The lowest BCUT2D eigenvalue weighted by molar-refractivity contribution is 0.310. The lowest BCUT2D eigenvalue weighted by atomic mass is 10.1. The van der Waals surface area contributed by atoms with Crippen LogP contribution in [0.2, 0.25) is 0 Å². The molecule has 0 aliphatic carbocycles. The molecule has 108 valence electrons. The van der Waals surface area contributed by atoms with Crippen molar-refractivity contribution in [3.05, 3.63) is 52.7 Å². The highest BCUT2D eigenvalue weighted by molar-refractivity contribution is 6.17. The number of para-hydroxylation sites is 1. The smallest absolute Gasteiger partial charge is 0.200 e. The van der Waals surface area contributed by atoms with Crippen LogP contribution in [0.4, 0.5) is 0 Å². The first-order valence-electron chi connectivity index (χ1n) is 6.94. The number of unbranched alkanes of at least 4 members (excludes halogenated alkanes) is 1. The summed E-state index contributed by atoms with van der Waals surface area (Å²) in [4.78, 5) is 12.4. The third kappa shape index (κ3) is 2.88. The van der Waals surface area contributed by atoms with E-state index < -0.39 is 0 Å². The highest BCUT2D eigenvalue weighted by Crippen LogP contribution is 2.22. The van der Waals surface area contributed by atoms with Gasteiger partial charge in [0.25, 0.3) is 0 Å². The maximum absolute atomic E-state index is 12.4. The zero-order valence-electron chi connectivity index (χ0n) is 11.5. The minimum absolute atomic E-state index is 0.0134. The Morgan fingerprint density at radius 1 is 1.00 bits per heavy atom. The van der Waals surface area contributed by atoms with Crippen molar-refractivity contribution in [2.75, 3.05) is 12.5 Å². The standard InChI is InChI=1S/C17H15ClO3/c18-9-3-4-10-20-12-7-8-14-16(11-12)21-15-6-2-1-5-13(15)17(14)19/h1-2,5-8,11H,3-4,9-10H2. The highest BCUT2D eigenvalue weighted by Gasteiger charge is 2.08. The molecular weight excluding hydrogens is 288 g/mol. The Labute approximate surface area is 127 Å². The molecule has 0 bridgehead atoms. The molecule has 0 N–H and O–H groups in total. The Balaban J connectivity index is 1.97. The first kappa shape index (κ1) is 14.0. The summed E-state index contributed by atoms with van der Waals surface area (Å²) in [5.74, 6) is 1.34. The van der Waals surface area contributed by atoms with Gasteiger partial charge in [-0.05, 0) is 37.1 Å². The van der Waals surface area contributed by atoms with Gasteiger partial charge >= 0.3 is 0 Å². The second kappa shape index (κ2) is 6.19. The van der Waals surface area contributed by atoms with Crippen LogP contribution in [-0.4, -0.2) is 12.5 Å². The fourth-order valence-corrected chi connectivity index (χ4v) is 2.45. The fourth-order valence-electron chi connectivity index (χ4n) is 2.26. The average molecular weight is 303 g/mol. The van der Waals surface area contributed by atoms with E-state index in [0.717, 1.165) is 12.8 Å². The van der Waals surface area contributed by atoms with E-state index in [1.54, 1.807) is 30.3 Å². The quantitative estimate of drug-likeness (QED) is 0.400. The monoisotopic (exact) mass is 302 g/mol. The SMILES string of the molecule is O=c1c2ccccc2oc2cc(OCCCCCl)ccc12. The molecule has 3 aromatic rings. The Morgan fingerprint density at radius 2 is 1.81 bits per heavy atom. The molecule has 0 unspecified atom stereocenters. The molecule has 0 aliphatic heterocycles. The molecular formula is C17H15ClO3. The van der Waals surface area contributed by atoms with Crippen molar-refractivity contribution in [3.63, 3.8) is 0 Å². The summed E-state index contributed by atoms with van der Waals surface area (Å²) in [6.45, 7) is 0.607. The van der Waals surface area contributed by atoms with Crippen LogP contribution in [0, 0.1) is 0 Å². The van der Waals surface area contributed by atoms with Gasteiger partial charge in [0, 0.05) is 11.9 Å². The van der Waals surface area contributed by atoms with Crippen LogP contribution in [0.3, 0.4) is 0 Å². The number of rotatable bonds is 5. The summed E-state index contributed by atoms with van der Waals surface area (Å²) in [5, 5.41) is 1.17. The van der Waals surface area contributed by atoms with E-state index in [9.17, 15) is 4.79 Å². The number of fused-ring (bicyclic) bond motifs is 2. The molecule has 4 heteroatoms. The summed E-state index contributed by atoms with van der Waals surface area (Å²) < 4.78 is 11.4. The summed E-state index contributed by atoms with van der Waals surface area (Å²) in [6.07, 6.45) is 1.83. The van der Waals surface area contributed by atoms with Crippen LogP contribution in [0.5, 0.6) is 5.75 Å². The summed E-state index contributed by atoms with van der Waals surface area (Å²) in [5.41, 5.74) is 1.13. The van der Waals surface area contributed by atoms with Crippen LogP contribution < -0.4 is 10.2 Å². The zero-order chi connectivity index (χ0) is 14.7. The fraction of sp³-hybridized carbons (Fsp3) is 0.235. The average Bonchev–Trinajstić information content (AvgIpc) is 2.52. The minimum Gasteiger partial charge on any atom is -0.493 e. The van der Waals surface area contributed by atoms with Crippen molar-refractivity contribution < 1.29 is 9.15 Å². The molecule has 0 atom stereocenters. The van der Waals surface area contributed by atoms with Gasteiger partial charge in [0.2, 0.25) is 5.43 Å². The van der Waals surface area contributed by atoms with Crippen molar-refractivity contribution in [2.45, 2.75) is 12.8 Å². The zero-order valence-corrected chi connectivity index (χ0v) is 12.2. The second-order valence-corrected chi connectivity index (χ2v) is 5.21. The van der Waals surface area contributed by atoms with Crippen LogP contribution in [0.1, 0.15) is 12.8 Å². The maximum atomic E-state index is 12.4. The van der Waals surface area contributed by atoms with Crippen molar-refractivity contribution in [1.82, 2.24) is 0 Å². The largest absolute Gasteiger partial charge is 0.493 e. The van der Waals surface area contributed by atoms with E-state index in [-0.39, 0.29) is 5.43 Å². The van der Waals surface area contributed by atoms with Gasteiger partial charge in [0.05, 0.1) is 17.4 Å². The van der Waals surface area contributed by atoms with Gasteiger partial charge in [-0.25, -0.2) is 0 Å². The Morgan fingerprint density at radius 3 is 2.67 bits per heavy atom. The molecule has 0 saturated heterocycles. The summed E-state index contributed by atoms with van der Waals surface area (Å²) in [6, 6.07) is 12.6. The van der Waals surface area contributed by atoms with E-state index in [1.165, 1.54) is 0 Å². The molecule has 1 aromatic heterocycles. The molecule has 3 rings (SSSR count). The Bertz CT molecular complexity index is 823. The van der Waals surface area contributed by atoms with Gasteiger partial charge in [-0.3, -0.25) is 4.79 Å². The summed E-state index contributed by atoms with van der Waals surface area (Å²) >= 11 is 5.63. The number of benzene rings is 2. The molecule has 0 aliphatic rings. The third-order valence-corrected chi connectivity index (χ3v) is 3.61. The molecule has 3 nitrogen and oxygen atoms in total. The van der Waals surface area contributed by atoms with Crippen molar-refractivity contribution in [2.24, 2.45) is 0 Å². The Hall–Kier alpha value is -2.00. The highest BCUT2D eigenvalue weighted by atomic mass is 35.5. The lowest BCUT2D eigenvalue weighted by Gasteiger charge is -2.07. The maximum Gasteiger partial charge on any atom is 0.200 e. The van der Waals surface area contributed by atoms with Crippen LogP contribution in [0.15, 0.2) is 51.7 Å². The van der Waals surface area contributed by atoms with Gasteiger partial charge in [-0.1, -0.05) is 12.1 Å². The van der Waals surface area contributed by atoms with Crippen LogP contribution in [-0.2, 0) is 0 Å². The van der Waals surface area contributed by atoms with Crippen LogP contribution in [0.25, 0.3) is 21.9 Å². The molecule has 0 saturated carbocycles. The van der Waals surface area contributed by atoms with Crippen molar-refractivity contribution >= 4 is 33.5 Å². The predicted octanol–water partition coefficient (Wildman–Crippen LogP) is 4.34. The van der Waals surface area contributed by atoms with Gasteiger partial charge < -0.3 is 9.15 Å². The van der Waals surface area contributed by atoms with Gasteiger partial charge in [0.1, 0.15) is 16.9 Å². The second-order valence-electron chi connectivity index (χ2n) is 4.83. The Kier molecular flexibility index (Phi) is 4.11. The van der Waals surface area contributed by atoms with Crippen molar-refractivity contribution in [1.29, 1.82) is 0 Å². The molecule has 21 heavy (non-hydrogen) atoms. The molecule has 0 radical (unpaired) electrons. The molecule has 1 heterocycles. The van der Waals surface area contributed by atoms with Crippen LogP contribution >= 0.6 is 11.6 Å². The lowest BCUT2D eigenvalue weighted by Crippen LogP contribution is -2.02. The van der Waals surface area contributed by atoms with E-state index >= 15 is 0 Å². The number of hydrogen-bond acceptors (Lipinski definition) is 3. The van der Waals surface area contributed by atoms with E-state index in [0.29, 0.717) is 40.2 Å². The van der Waals surface area contributed by atoms with Crippen molar-refractivity contribution in [3.8, 4) is 5.75 Å². The molecule has 0 fully saturated rings. The summed E-state index contributed by atoms with van der Waals surface area (Å²) in [7, 11) is 0. The minimum atomic E-state index is -0.0134. The third-order valence-electron chi connectivity index (χ3n) is 3.35. The number of hydrogen-bond donors (Lipinski definition) is 0. The molecule has 0 spiro atoms. The molecule has 2 aromatic carbocycles. The normalized spacial score (nSPS) is 11.1. The first-order valence-corrected chi connectivity index (χ1v) is 7.47. The van der Waals surface area contributed by atoms with E-state index in [1.807, 2.05) is 12.1 Å². The van der Waals surface area contributed by atoms with Gasteiger partial charge in [-0.2, -0.15) is 0 Å². The number of alkyl halides is 1. The number of halogens is 1. The number of ether oxygens (including phenoxy) is 1. The van der Waals surface area contributed by atoms with Gasteiger partial charge in [0.15, 0.2) is 0 Å². The van der Waals surface area contributed by atoms with E-state index in [4.69, 9.17) is 20.8 Å². The van der Waals surface area contributed by atoms with E-state index in [2.05, 4.69) is 0 Å². The molecule has 0 amide bonds.